The maximum absolute atomic E-state index is 12.9. The Morgan fingerprint density at radius 1 is 0.846 bits per heavy atom. The maximum atomic E-state index is 12.9. The lowest BCUT2D eigenvalue weighted by Crippen LogP contribution is -2.30. The van der Waals surface area contributed by atoms with Crippen molar-refractivity contribution in [3.8, 4) is 0 Å². The molecular formula is C21H30N2O2S. The van der Waals surface area contributed by atoms with Crippen LogP contribution in [0.25, 0.3) is 0 Å². The van der Waals surface area contributed by atoms with Crippen molar-refractivity contribution in [2.45, 2.75) is 50.8 Å². The molecule has 0 fully saturated rings. The third-order valence-electron chi connectivity index (χ3n) is 4.38. The molecule has 142 valence electrons. The van der Waals surface area contributed by atoms with E-state index < -0.39 is 10.0 Å². The molecule has 0 bridgehead atoms. The highest BCUT2D eigenvalue weighted by molar-refractivity contribution is 7.92. The van der Waals surface area contributed by atoms with Crippen molar-refractivity contribution in [1.82, 2.24) is 0 Å². The van der Waals surface area contributed by atoms with E-state index in [9.17, 15) is 8.42 Å². The molecule has 0 unspecified atom stereocenters. The largest absolute Gasteiger partial charge is 0.385 e. The van der Waals surface area contributed by atoms with Crippen LogP contribution < -0.4 is 9.62 Å². The molecule has 0 heterocycles. The fourth-order valence-corrected chi connectivity index (χ4v) is 4.39. The number of sulfonamides is 1. The van der Waals surface area contributed by atoms with Crippen molar-refractivity contribution in [3.05, 3.63) is 54.6 Å². The lowest BCUT2D eigenvalue weighted by Gasteiger charge is -2.23. The molecule has 1 N–H and O–H groups in total. The molecule has 0 saturated carbocycles. The Morgan fingerprint density at radius 2 is 1.50 bits per heavy atom. The molecule has 0 spiro atoms. The van der Waals surface area contributed by atoms with Crippen LogP contribution in [0.2, 0.25) is 0 Å². The summed E-state index contributed by atoms with van der Waals surface area (Å²) in [7, 11) is -3.55. The summed E-state index contributed by atoms with van der Waals surface area (Å²) in [4.78, 5) is 0.316. The van der Waals surface area contributed by atoms with Gasteiger partial charge in [-0.25, -0.2) is 8.42 Å². The molecule has 4 nitrogen and oxygen atoms in total. The number of para-hydroxylation sites is 1. The van der Waals surface area contributed by atoms with E-state index in [0.717, 1.165) is 18.7 Å². The first-order chi connectivity index (χ1) is 12.6. The number of nitrogens with one attached hydrogen (secondary N) is 1. The number of hydrogen-bond acceptors (Lipinski definition) is 3. The summed E-state index contributed by atoms with van der Waals surface area (Å²) in [6, 6.07) is 16.3. The average Bonchev–Trinajstić information content (AvgIpc) is 2.66. The number of nitrogens with zero attached hydrogens (tertiary/aromatic N) is 1. The van der Waals surface area contributed by atoms with Crippen LogP contribution in [-0.4, -0.2) is 21.5 Å². The Balaban J connectivity index is 2.00. The third kappa shape index (κ3) is 5.49. The number of hydrogen-bond donors (Lipinski definition) is 1. The van der Waals surface area contributed by atoms with E-state index in [0.29, 0.717) is 17.1 Å². The van der Waals surface area contributed by atoms with Gasteiger partial charge in [-0.05, 0) is 49.7 Å². The molecule has 2 aromatic rings. The van der Waals surface area contributed by atoms with Gasteiger partial charge < -0.3 is 5.32 Å². The van der Waals surface area contributed by atoms with E-state index in [2.05, 4.69) is 12.2 Å². The highest BCUT2D eigenvalue weighted by Crippen LogP contribution is 2.24. The lowest BCUT2D eigenvalue weighted by atomic mass is 10.1. The third-order valence-corrected chi connectivity index (χ3v) is 6.30. The molecule has 0 radical (unpaired) electrons. The van der Waals surface area contributed by atoms with Gasteiger partial charge in [-0.15, -0.1) is 0 Å². The van der Waals surface area contributed by atoms with E-state index in [-0.39, 0.29) is 0 Å². The normalized spacial score (nSPS) is 11.3. The first kappa shape index (κ1) is 20.3. The van der Waals surface area contributed by atoms with Gasteiger partial charge in [-0.1, -0.05) is 50.8 Å². The molecule has 0 saturated heterocycles. The SMILES string of the molecule is CCCCCCCNc1ccc(S(=O)(=O)N(CC)c2ccccc2)cc1. The van der Waals surface area contributed by atoms with E-state index in [1.807, 2.05) is 49.4 Å². The van der Waals surface area contributed by atoms with Gasteiger partial charge in [0.05, 0.1) is 10.6 Å². The van der Waals surface area contributed by atoms with Gasteiger partial charge in [0.15, 0.2) is 0 Å². The second-order valence-corrected chi connectivity index (χ2v) is 8.23. The molecule has 0 aliphatic heterocycles. The molecule has 0 aliphatic carbocycles. The Morgan fingerprint density at radius 3 is 2.12 bits per heavy atom. The van der Waals surface area contributed by atoms with Crippen LogP contribution in [0.4, 0.5) is 11.4 Å². The zero-order chi connectivity index (χ0) is 18.8. The predicted octanol–water partition coefficient (Wildman–Crippen LogP) is 5.28. The Bertz CT molecular complexity index is 743. The molecule has 0 amide bonds. The van der Waals surface area contributed by atoms with Gasteiger partial charge in [-0.3, -0.25) is 4.31 Å². The molecule has 0 aromatic heterocycles. The van der Waals surface area contributed by atoms with Gasteiger partial charge in [0, 0.05) is 18.8 Å². The van der Waals surface area contributed by atoms with E-state index >= 15 is 0 Å². The van der Waals surface area contributed by atoms with Gasteiger partial charge in [0.2, 0.25) is 0 Å². The number of benzene rings is 2. The first-order valence-electron chi connectivity index (χ1n) is 9.51. The van der Waals surface area contributed by atoms with Crippen molar-refractivity contribution in [1.29, 1.82) is 0 Å². The minimum Gasteiger partial charge on any atom is -0.385 e. The minimum atomic E-state index is -3.55. The summed E-state index contributed by atoms with van der Waals surface area (Å²) in [5.74, 6) is 0. The van der Waals surface area contributed by atoms with E-state index in [1.54, 1.807) is 12.1 Å². The summed E-state index contributed by atoms with van der Waals surface area (Å²) in [6.45, 7) is 5.37. The predicted molar refractivity (Wildman–Crippen MR) is 110 cm³/mol. The number of anilines is 2. The van der Waals surface area contributed by atoms with Crippen molar-refractivity contribution in [2.75, 3.05) is 22.7 Å². The summed E-state index contributed by atoms with van der Waals surface area (Å²) in [5.41, 5.74) is 1.64. The maximum Gasteiger partial charge on any atom is 0.264 e. The highest BCUT2D eigenvalue weighted by atomic mass is 32.2. The zero-order valence-corrected chi connectivity index (χ0v) is 16.6. The molecular weight excluding hydrogens is 344 g/mol. The first-order valence-corrected chi connectivity index (χ1v) is 10.9. The van der Waals surface area contributed by atoms with Crippen molar-refractivity contribution in [3.63, 3.8) is 0 Å². The lowest BCUT2D eigenvalue weighted by molar-refractivity contribution is 0.592. The molecule has 0 atom stereocenters. The second-order valence-electron chi connectivity index (χ2n) is 6.37. The fourth-order valence-electron chi connectivity index (χ4n) is 2.92. The van der Waals surface area contributed by atoms with Gasteiger partial charge >= 0.3 is 0 Å². The molecule has 2 aromatic carbocycles. The van der Waals surface area contributed by atoms with E-state index in [1.165, 1.54) is 30.0 Å². The fraction of sp³-hybridized carbons (Fsp3) is 0.429. The molecule has 0 aliphatic rings. The van der Waals surface area contributed by atoms with Crippen molar-refractivity contribution in [2.24, 2.45) is 0 Å². The summed E-state index contributed by atoms with van der Waals surface area (Å²) < 4.78 is 27.3. The minimum absolute atomic E-state index is 0.316. The summed E-state index contributed by atoms with van der Waals surface area (Å²) in [5, 5.41) is 3.37. The smallest absolute Gasteiger partial charge is 0.264 e. The van der Waals surface area contributed by atoms with E-state index in [4.69, 9.17) is 0 Å². The number of unbranched alkanes of at least 4 members (excludes halogenated alkanes) is 4. The van der Waals surface area contributed by atoms with Crippen LogP contribution in [0.3, 0.4) is 0 Å². The van der Waals surface area contributed by atoms with Crippen LogP contribution in [-0.2, 0) is 10.0 Å². The molecule has 5 heteroatoms. The summed E-state index contributed by atoms with van der Waals surface area (Å²) >= 11 is 0. The molecule has 2 rings (SSSR count). The standard InChI is InChI=1S/C21H30N2O2S/c1-3-5-6-7-11-18-22-19-14-16-21(17-15-19)26(24,25)23(4-2)20-12-9-8-10-13-20/h8-10,12-17,22H,3-7,11,18H2,1-2H3. The van der Waals surface area contributed by atoms with Gasteiger partial charge in [0.25, 0.3) is 10.0 Å². The topological polar surface area (TPSA) is 49.4 Å². The van der Waals surface area contributed by atoms with Crippen LogP contribution in [0.1, 0.15) is 46.0 Å². The van der Waals surface area contributed by atoms with Crippen LogP contribution in [0.15, 0.2) is 59.5 Å². The second kappa shape index (κ2) is 10.2. The summed E-state index contributed by atoms with van der Waals surface area (Å²) in [6.07, 6.45) is 6.19. The van der Waals surface area contributed by atoms with Gasteiger partial charge in [-0.2, -0.15) is 0 Å². The average molecular weight is 375 g/mol. The highest BCUT2D eigenvalue weighted by Gasteiger charge is 2.23. The Labute approximate surface area is 158 Å². The van der Waals surface area contributed by atoms with Crippen LogP contribution in [0.5, 0.6) is 0 Å². The number of rotatable bonds is 11. The Kier molecular flexibility index (Phi) is 7.98. The molecule has 26 heavy (non-hydrogen) atoms. The van der Waals surface area contributed by atoms with Crippen molar-refractivity contribution >= 4 is 21.4 Å². The Hall–Kier alpha value is -2.01. The van der Waals surface area contributed by atoms with Gasteiger partial charge in [0.1, 0.15) is 0 Å². The van der Waals surface area contributed by atoms with Crippen molar-refractivity contribution < 1.29 is 8.42 Å². The monoisotopic (exact) mass is 374 g/mol. The van der Waals surface area contributed by atoms with Crippen LogP contribution in [0, 0.1) is 0 Å². The zero-order valence-electron chi connectivity index (χ0n) is 15.8. The van der Waals surface area contributed by atoms with Crippen LogP contribution >= 0.6 is 0 Å². The quantitative estimate of drug-likeness (QED) is 0.544.